The molecule has 0 aliphatic carbocycles. The number of nitrogens with two attached hydrogens (primary N) is 1. The van der Waals surface area contributed by atoms with E-state index in [1.807, 2.05) is 37.6 Å². The number of carbonyl (C=O) groups excluding carboxylic acids is 1. The summed E-state index contributed by atoms with van der Waals surface area (Å²) in [5.41, 5.74) is 11.3. The quantitative estimate of drug-likeness (QED) is 0.357. The number of aromatic hydroxyl groups is 1. The number of nitrogen functional groups attached to an aromatic ring is 1. The molecule has 10 nitrogen and oxygen atoms in total. The summed E-state index contributed by atoms with van der Waals surface area (Å²) in [6.07, 6.45) is 1.78. The van der Waals surface area contributed by atoms with Crippen LogP contribution in [0.3, 0.4) is 0 Å². The van der Waals surface area contributed by atoms with Gasteiger partial charge in [-0.2, -0.15) is 10.2 Å². The van der Waals surface area contributed by atoms with Crippen LogP contribution in [0.1, 0.15) is 34.2 Å². The molecule has 0 aliphatic rings. The van der Waals surface area contributed by atoms with E-state index < -0.39 is 0 Å². The SMILES string of the molecule is CCn1ncc(CN(C)C(=O)c2nc(-c3cc(C)c4[nH]nc(N)c4c3)nc3ccc(O)cc23)c1C. The molecule has 5 rings (SSSR count). The van der Waals surface area contributed by atoms with Crippen LogP contribution in [0.5, 0.6) is 5.75 Å². The molecule has 0 spiro atoms. The van der Waals surface area contributed by atoms with Crippen LogP contribution in [0.2, 0.25) is 0 Å². The van der Waals surface area contributed by atoms with Crippen molar-refractivity contribution in [3.63, 3.8) is 0 Å². The highest BCUT2D eigenvalue weighted by Gasteiger charge is 2.22. The number of anilines is 1. The topological polar surface area (TPSA) is 139 Å². The van der Waals surface area contributed by atoms with Crippen LogP contribution in [-0.4, -0.2) is 52.9 Å². The van der Waals surface area contributed by atoms with Crippen molar-refractivity contribution in [2.75, 3.05) is 12.8 Å². The number of nitrogens with zero attached hydrogens (tertiary/aromatic N) is 6. The van der Waals surface area contributed by atoms with E-state index in [0.29, 0.717) is 29.1 Å². The molecular weight excluding hydrogens is 444 g/mol. The van der Waals surface area contributed by atoms with Gasteiger partial charge in [-0.3, -0.25) is 14.6 Å². The zero-order chi connectivity index (χ0) is 24.9. The van der Waals surface area contributed by atoms with Crippen LogP contribution >= 0.6 is 0 Å². The van der Waals surface area contributed by atoms with Crippen molar-refractivity contribution in [2.45, 2.75) is 33.9 Å². The number of amides is 1. The third-order valence-corrected chi connectivity index (χ3v) is 6.30. The zero-order valence-electron chi connectivity index (χ0n) is 20.0. The van der Waals surface area contributed by atoms with Crippen LogP contribution in [0.15, 0.2) is 36.5 Å². The molecule has 0 saturated heterocycles. The monoisotopic (exact) mass is 470 g/mol. The number of hydrogen-bond acceptors (Lipinski definition) is 7. The molecule has 0 atom stereocenters. The number of aromatic amines is 1. The van der Waals surface area contributed by atoms with E-state index in [1.165, 1.54) is 6.07 Å². The molecule has 0 unspecified atom stereocenters. The number of fused-ring (bicyclic) bond motifs is 2. The van der Waals surface area contributed by atoms with E-state index in [4.69, 9.17) is 5.73 Å². The second kappa shape index (κ2) is 8.39. The summed E-state index contributed by atoms with van der Waals surface area (Å²) >= 11 is 0. The molecule has 5 aromatic rings. The Hall–Kier alpha value is -4.47. The number of H-pyrrole nitrogens is 1. The average Bonchev–Trinajstić information content (AvgIpc) is 3.40. The van der Waals surface area contributed by atoms with Crippen molar-refractivity contribution in [3.8, 4) is 17.1 Å². The van der Waals surface area contributed by atoms with Crippen LogP contribution in [0.25, 0.3) is 33.2 Å². The predicted octanol–water partition coefficient (Wildman–Crippen LogP) is 3.57. The molecule has 35 heavy (non-hydrogen) atoms. The standard InChI is InChI=1S/C25H26N8O2/c1-5-33-14(3)16(11-27-33)12-32(4)25(35)22-18-10-17(34)6-7-20(18)28-24(29-22)15-8-13(2)21-19(9-15)23(26)31-30-21/h6-11,34H,5,12H2,1-4H3,(H3,26,30,31). The molecule has 2 aromatic carbocycles. The molecule has 0 saturated carbocycles. The third kappa shape index (κ3) is 3.82. The van der Waals surface area contributed by atoms with Crippen LogP contribution in [0, 0.1) is 13.8 Å². The summed E-state index contributed by atoms with van der Waals surface area (Å²) in [4.78, 5) is 24.6. The first kappa shape index (κ1) is 22.3. The zero-order valence-corrected chi connectivity index (χ0v) is 20.0. The minimum Gasteiger partial charge on any atom is -0.508 e. The van der Waals surface area contributed by atoms with Gasteiger partial charge in [0.05, 0.1) is 17.2 Å². The average molecular weight is 471 g/mol. The van der Waals surface area contributed by atoms with Crippen LogP contribution < -0.4 is 5.73 Å². The molecule has 4 N–H and O–H groups in total. The smallest absolute Gasteiger partial charge is 0.273 e. The van der Waals surface area contributed by atoms with Crippen molar-refractivity contribution in [1.82, 2.24) is 34.8 Å². The molecule has 0 aliphatic heterocycles. The first-order chi connectivity index (χ1) is 16.8. The van der Waals surface area contributed by atoms with Gasteiger partial charge in [0.25, 0.3) is 5.91 Å². The maximum absolute atomic E-state index is 13.6. The Morgan fingerprint density at radius 3 is 2.71 bits per heavy atom. The van der Waals surface area contributed by atoms with Crippen molar-refractivity contribution >= 4 is 33.5 Å². The van der Waals surface area contributed by atoms with Gasteiger partial charge < -0.3 is 15.7 Å². The highest BCUT2D eigenvalue weighted by molar-refractivity contribution is 6.05. The molecule has 178 valence electrons. The van der Waals surface area contributed by atoms with Gasteiger partial charge in [0, 0.05) is 47.7 Å². The Kier molecular flexibility index (Phi) is 5.35. The van der Waals surface area contributed by atoms with Gasteiger partial charge in [-0.1, -0.05) is 0 Å². The minimum atomic E-state index is -0.284. The molecular formula is C25H26N8O2. The maximum atomic E-state index is 13.6. The fourth-order valence-electron chi connectivity index (χ4n) is 4.32. The number of nitrogens with one attached hydrogen (secondary N) is 1. The number of benzene rings is 2. The fraction of sp³-hybridized carbons (Fsp3) is 0.240. The van der Waals surface area contributed by atoms with Crippen LogP contribution in [0.4, 0.5) is 5.82 Å². The second-order valence-corrected chi connectivity index (χ2v) is 8.65. The van der Waals surface area contributed by atoms with Gasteiger partial charge >= 0.3 is 0 Å². The molecule has 3 heterocycles. The van der Waals surface area contributed by atoms with Gasteiger partial charge in [0.15, 0.2) is 11.6 Å². The Labute approximate surface area is 201 Å². The van der Waals surface area contributed by atoms with Gasteiger partial charge in [-0.25, -0.2) is 9.97 Å². The Bertz CT molecular complexity index is 1600. The number of aromatic nitrogens is 6. The summed E-state index contributed by atoms with van der Waals surface area (Å²) < 4.78 is 1.89. The summed E-state index contributed by atoms with van der Waals surface area (Å²) in [7, 11) is 1.73. The molecule has 1 amide bonds. The Balaban J connectivity index is 1.61. The lowest BCUT2D eigenvalue weighted by molar-refractivity contribution is 0.0781. The minimum absolute atomic E-state index is 0.0362. The first-order valence-electron chi connectivity index (χ1n) is 11.3. The lowest BCUT2D eigenvalue weighted by atomic mass is 10.1. The van der Waals surface area contributed by atoms with Gasteiger partial charge in [0.2, 0.25) is 0 Å². The molecule has 0 radical (unpaired) electrons. The maximum Gasteiger partial charge on any atom is 0.273 e. The predicted molar refractivity (Wildman–Crippen MR) is 134 cm³/mol. The number of hydrogen-bond donors (Lipinski definition) is 3. The van der Waals surface area contributed by atoms with E-state index in [1.54, 1.807) is 30.3 Å². The highest BCUT2D eigenvalue weighted by Crippen LogP contribution is 2.30. The van der Waals surface area contributed by atoms with E-state index >= 15 is 0 Å². The van der Waals surface area contributed by atoms with Crippen LogP contribution in [-0.2, 0) is 13.1 Å². The third-order valence-electron chi connectivity index (χ3n) is 6.30. The van der Waals surface area contributed by atoms with E-state index in [9.17, 15) is 9.90 Å². The number of phenols is 1. The van der Waals surface area contributed by atoms with Gasteiger partial charge in [0.1, 0.15) is 11.4 Å². The summed E-state index contributed by atoms with van der Waals surface area (Å²) in [6, 6.07) is 8.54. The fourth-order valence-corrected chi connectivity index (χ4v) is 4.32. The molecule has 0 fully saturated rings. The van der Waals surface area contributed by atoms with Crippen molar-refractivity contribution in [3.05, 3.63) is 59.0 Å². The number of aryl methyl sites for hydroxylation is 2. The molecule has 10 heteroatoms. The van der Waals surface area contributed by atoms with Gasteiger partial charge in [-0.05, 0) is 56.7 Å². The number of rotatable bonds is 5. The lowest BCUT2D eigenvalue weighted by Crippen LogP contribution is -2.27. The molecule has 0 bridgehead atoms. The number of phenolic OH excluding ortho intramolecular Hbond substituents is 1. The second-order valence-electron chi connectivity index (χ2n) is 8.65. The first-order valence-corrected chi connectivity index (χ1v) is 11.3. The number of carbonyl (C=O) groups is 1. The Morgan fingerprint density at radius 2 is 1.97 bits per heavy atom. The van der Waals surface area contributed by atoms with E-state index in [-0.39, 0.29) is 17.4 Å². The van der Waals surface area contributed by atoms with Gasteiger partial charge in [-0.15, -0.1) is 0 Å². The molecule has 3 aromatic heterocycles. The summed E-state index contributed by atoms with van der Waals surface area (Å²) in [5.74, 6) is 0.526. The van der Waals surface area contributed by atoms with E-state index in [2.05, 4.69) is 25.3 Å². The van der Waals surface area contributed by atoms with Crippen molar-refractivity contribution in [2.24, 2.45) is 0 Å². The van der Waals surface area contributed by atoms with Crippen molar-refractivity contribution < 1.29 is 9.90 Å². The Morgan fingerprint density at radius 1 is 1.17 bits per heavy atom. The summed E-state index contributed by atoms with van der Waals surface area (Å²) in [5, 5.41) is 22.8. The lowest BCUT2D eigenvalue weighted by Gasteiger charge is -2.18. The largest absolute Gasteiger partial charge is 0.508 e. The normalized spacial score (nSPS) is 11.4. The van der Waals surface area contributed by atoms with Crippen molar-refractivity contribution in [1.29, 1.82) is 0 Å². The highest BCUT2D eigenvalue weighted by atomic mass is 16.3. The van der Waals surface area contributed by atoms with E-state index in [0.717, 1.165) is 39.8 Å². The summed E-state index contributed by atoms with van der Waals surface area (Å²) in [6.45, 7) is 7.09.